The summed E-state index contributed by atoms with van der Waals surface area (Å²) in [7, 11) is 0. The van der Waals surface area contributed by atoms with E-state index in [2.05, 4.69) is 21.8 Å². The molecule has 106 valence electrons. The van der Waals surface area contributed by atoms with Gasteiger partial charge < -0.3 is 14.6 Å². The Bertz CT molecular complexity index is 390. The maximum atomic E-state index is 5.85. The minimum absolute atomic E-state index is 0.179. The number of ether oxygens (including phenoxy) is 1. The first-order valence-corrected chi connectivity index (χ1v) is 7.65. The lowest BCUT2D eigenvalue weighted by atomic mass is 9.83. The maximum Gasteiger partial charge on any atom is 0.111 e. The van der Waals surface area contributed by atoms with Gasteiger partial charge >= 0.3 is 0 Å². The molecule has 0 radical (unpaired) electrons. The number of rotatable bonds is 3. The van der Waals surface area contributed by atoms with E-state index in [1.165, 1.54) is 31.4 Å². The third-order valence-electron chi connectivity index (χ3n) is 4.59. The van der Waals surface area contributed by atoms with Crippen molar-refractivity contribution in [2.24, 2.45) is 11.8 Å². The molecule has 19 heavy (non-hydrogen) atoms. The molecule has 0 aromatic carbocycles. The fraction of sp³-hybridized carbons (Fsp3) is 0.800. The predicted octanol–water partition coefficient (Wildman–Crippen LogP) is 2.37. The van der Waals surface area contributed by atoms with E-state index < -0.39 is 0 Å². The van der Waals surface area contributed by atoms with Gasteiger partial charge in [0, 0.05) is 19.6 Å². The quantitative estimate of drug-likeness (QED) is 0.910. The van der Waals surface area contributed by atoms with E-state index in [4.69, 9.17) is 4.74 Å². The van der Waals surface area contributed by atoms with Crippen LogP contribution in [-0.4, -0.2) is 29.2 Å². The highest BCUT2D eigenvalue weighted by Crippen LogP contribution is 2.30. The van der Waals surface area contributed by atoms with Crippen LogP contribution in [0.25, 0.3) is 0 Å². The molecule has 0 amide bonds. The van der Waals surface area contributed by atoms with E-state index >= 15 is 0 Å². The molecule has 2 aliphatic rings. The van der Waals surface area contributed by atoms with Crippen LogP contribution in [0.2, 0.25) is 0 Å². The highest BCUT2D eigenvalue weighted by molar-refractivity contribution is 5.05. The van der Waals surface area contributed by atoms with Crippen LogP contribution in [0.5, 0.6) is 0 Å². The summed E-state index contributed by atoms with van der Waals surface area (Å²) in [5.74, 6) is 1.74. The summed E-state index contributed by atoms with van der Waals surface area (Å²) in [6.07, 6.45) is 9.63. The highest BCUT2D eigenvalue weighted by atomic mass is 16.5. The van der Waals surface area contributed by atoms with E-state index in [9.17, 15) is 0 Å². The Morgan fingerprint density at radius 1 is 1.37 bits per heavy atom. The van der Waals surface area contributed by atoms with Crippen molar-refractivity contribution in [3.05, 3.63) is 18.2 Å². The Balaban J connectivity index is 1.63. The van der Waals surface area contributed by atoms with Gasteiger partial charge in [-0.25, -0.2) is 4.98 Å². The Morgan fingerprint density at radius 3 is 2.95 bits per heavy atom. The van der Waals surface area contributed by atoms with E-state index in [1.807, 2.05) is 12.5 Å². The molecule has 1 aromatic heterocycles. The second-order valence-corrected chi connectivity index (χ2v) is 6.16. The van der Waals surface area contributed by atoms with Gasteiger partial charge in [-0.2, -0.15) is 0 Å². The van der Waals surface area contributed by atoms with E-state index in [0.29, 0.717) is 0 Å². The SMILES string of the molecule is CC1CCC(Cn2cncc2C2CNCCO2)CC1. The van der Waals surface area contributed by atoms with Crippen molar-refractivity contribution < 1.29 is 4.74 Å². The second kappa shape index (κ2) is 6.06. The van der Waals surface area contributed by atoms with Crippen LogP contribution < -0.4 is 5.32 Å². The zero-order chi connectivity index (χ0) is 13.1. The summed E-state index contributed by atoms with van der Waals surface area (Å²) >= 11 is 0. The largest absolute Gasteiger partial charge is 0.369 e. The van der Waals surface area contributed by atoms with Gasteiger partial charge in [0.2, 0.25) is 0 Å². The molecule has 1 N–H and O–H groups in total. The van der Waals surface area contributed by atoms with Gasteiger partial charge in [-0.05, 0) is 24.7 Å². The molecule has 2 heterocycles. The lowest BCUT2D eigenvalue weighted by molar-refractivity contribution is 0.0221. The molecular weight excluding hydrogens is 238 g/mol. The summed E-state index contributed by atoms with van der Waals surface area (Å²) in [5, 5.41) is 3.39. The van der Waals surface area contributed by atoms with E-state index in [-0.39, 0.29) is 6.10 Å². The van der Waals surface area contributed by atoms with Crippen molar-refractivity contribution >= 4 is 0 Å². The fourth-order valence-electron chi connectivity index (χ4n) is 3.30. The standard InChI is InChI=1S/C15H25N3O/c1-12-2-4-13(5-3-12)10-18-11-17-8-14(18)15-9-16-6-7-19-15/h8,11-13,15-16H,2-7,9-10H2,1H3. The minimum atomic E-state index is 0.179. The van der Waals surface area contributed by atoms with Gasteiger partial charge in [0.1, 0.15) is 6.10 Å². The number of nitrogens with zero attached hydrogens (tertiary/aromatic N) is 2. The van der Waals surface area contributed by atoms with Gasteiger partial charge in [0.05, 0.1) is 24.8 Å². The van der Waals surface area contributed by atoms with Crippen LogP contribution in [0.15, 0.2) is 12.5 Å². The second-order valence-electron chi connectivity index (χ2n) is 6.16. The highest BCUT2D eigenvalue weighted by Gasteiger charge is 2.23. The Morgan fingerprint density at radius 2 is 2.21 bits per heavy atom. The molecule has 1 atom stereocenters. The number of nitrogens with one attached hydrogen (secondary N) is 1. The predicted molar refractivity (Wildman–Crippen MR) is 74.9 cm³/mol. The first-order chi connectivity index (χ1) is 9.33. The molecule has 2 fully saturated rings. The first kappa shape index (κ1) is 13.1. The number of morpholine rings is 1. The summed E-state index contributed by atoms with van der Waals surface area (Å²) < 4.78 is 8.16. The fourth-order valence-corrected chi connectivity index (χ4v) is 3.30. The van der Waals surface area contributed by atoms with E-state index in [0.717, 1.165) is 38.1 Å². The monoisotopic (exact) mass is 263 g/mol. The van der Waals surface area contributed by atoms with Crippen LogP contribution in [0.3, 0.4) is 0 Å². The number of aromatic nitrogens is 2. The molecule has 4 nitrogen and oxygen atoms in total. The van der Waals surface area contributed by atoms with Crippen LogP contribution in [0.1, 0.15) is 44.4 Å². The van der Waals surface area contributed by atoms with Gasteiger partial charge in [-0.3, -0.25) is 0 Å². The molecule has 1 saturated heterocycles. The van der Waals surface area contributed by atoms with Gasteiger partial charge in [-0.15, -0.1) is 0 Å². The number of hydrogen-bond acceptors (Lipinski definition) is 3. The lowest BCUT2D eigenvalue weighted by Gasteiger charge is -2.29. The van der Waals surface area contributed by atoms with Crippen molar-refractivity contribution in [2.45, 2.75) is 45.3 Å². The summed E-state index contributed by atoms with van der Waals surface area (Å²) in [5.41, 5.74) is 1.24. The molecular formula is C15H25N3O. The van der Waals surface area contributed by atoms with Gasteiger partial charge in [0.15, 0.2) is 0 Å². The molecule has 1 saturated carbocycles. The summed E-state index contributed by atoms with van der Waals surface area (Å²) in [6, 6.07) is 0. The zero-order valence-corrected chi connectivity index (χ0v) is 11.8. The molecule has 4 heteroatoms. The first-order valence-electron chi connectivity index (χ1n) is 7.65. The molecule has 1 aromatic rings. The minimum Gasteiger partial charge on any atom is -0.369 e. The molecule has 1 unspecified atom stereocenters. The average Bonchev–Trinajstić information content (AvgIpc) is 2.90. The van der Waals surface area contributed by atoms with Crippen LogP contribution in [0.4, 0.5) is 0 Å². The van der Waals surface area contributed by atoms with Crippen LogP contribution >= 0.6 is 0 Å². The third kappa shape index (κ3) is 3.18. The summed E-state index contributed by atoms with van der Waals surface area (Å²) in [6.45, 7) is 6.16. The maximum absolute atomic E-state index is 5.85. The average molecular weight is 263 g/mol. The third-order valence-corrected chi connectivity index (χ3v) is 4.59. The van der Waals surface area contributed by atoms with Crippen molar-refractivity contribution in [1.29, 1.82) is 0 Å². The van der Waals surface area contributed by atoms with Crippen LogP contribution in [0, 0.1) is 11.8 Å². The lowest BCUT2D eigenvalue weighted by Crippen LogP contribution is -2.34. The molecule has 0 spiro atoms. The normalized spacial score (nSPS) is 32.4. The van der Waals surface area contributed by atoms with Gasteiger partial charge in [0.25, 0.3) is 0 Å². The van der Waals surface area contributed by atoms with Crippen molar-refractivity contribution in [2.75, 3.05) is 19.7 Å². The number of imidazole rings is 1. The smallest absolute Gasteiger partial charge is 0.111 e. The molecule has 3 rings (SSSR count). The topological polar surface area (TPSA) is 39.1 Å². The van der Waals surface area contributed by atoms with Gasteiger partial charge in [-0.1, -0.05) is 19.8 Å². The van der Waals surface area contributed by atoms with Crippen molar-refractivity contribution in [1.82, 2.24) is 14.9 Å². The number of hydrogen-bond donors (Lipinski definition) is 1. The molecule has 1 aliphatic heterocycles. The Labute approximate surface area is 115 Å². The Hall–Kier alpha value is -0.870. The zero-order valence-electron chi connectivity index (χ0n) is 11.8. The Kier molecular flexibility index (Phi) is 4.18. The molecule has 1 aliphatic carbocycles. The van der Waals surface area contributed by atoms with Crippen LogP contribution in [-0.2, 0) is 11.3 Å². The molecule has 0 bridgehead atoms. The van der Waals surface area contributed by atoms with Crippen molar-refractivity contribution in [3.63, 3.8) is 0 Å². The van der Waals surface area contributed by atoms with E-state index in [1.54, 1.807) is 0 Å². The van der Waals surface area contributed by atoms with Crippen molar-refractivity contribution in [3.8, 4) is 0 Å². The summed E-state index contributed by atoms with van der Waals surface area (Å²) in [4.78, 5) is 4.33.